The molecule has 5 nitrogen and oxygen atoms in total. The van der Waals surface area contributed by atoms with E-state index in [-0.39, 0.29) is 6.61 Å². The summed E-state index contributed by atoms with van der Waals surface area (Å²) in [6.45, 7) is 3.78. The Kier molecular flexibility index (Phi) is 5.82. The Bertz CT molecular complexity index is 743. The molecule has 126 valence electrons. The van der Waals surface area contributed by atoms with Crippen LogP contribution in [0.25, 0.3) is 0 Å². The van der Waals surface area contributed by atoms with Crippen LogP contribution in [-0.2, 0) is 4.74 Å². The maximum Gasteiger partial charge on any atom is 0.414 e. The van der Waals surface area contributed by atoms with Gasteiger partial charge in [-0.05, 0) is 49.7 Å². The van der Waals surface area contributed by atoms with Gasteiger partial charge in [0.15, 0.2) is 5.75 Å². The molecule has 0 saturated heterocycles. The molecule has 0 aliphatic rings. The lowest BCUT2D eigenvalue weighted by atomic mass is 10.1. The molecule has 0 radical (unpaired) electrons. The van der Waals surface area contributed by atoms with E-state index in [1.807, 2.05) is 0 Å². The number of aryl methyl sites for hydroxylation is 1. The SMILES string of the molecule is CCOC(=O)N(C)c1cccc(C)c1OC(=O)c1ccc(Cl)cc1. The lowest BCUT2D eigenvalue weighted by molar-refractivity contribution is 0.0733. The molecule has 0 fully saturated rings. The van der Waals surface area contributed by atoms with Crippen LogP contribution in [0.4, 0.5) is 10.5 Å². The molecule has 0 aliphatic heterocycles. The Morgan fingerprint density at radius 2 is 1.79 bits per heavy atom. The van der Waals surface area contributed by atoms with E-state index < -0.39 is 12.1 Å². The van der Waals surface area contributed by atoms with Gasteiger partial charge in [0.1, 0.15) is 0 Å². The number of ether oxygens (including phenoxy) is 2. The number of benzene rings is 2. The van der Waals surface area contributed by atoms with Gasteiger partial charge in [-0.25, -0.2) is 9.59 Å². The van der Waals surface area contributed by atoms with Crippen LogP contribution in [-0.4, -0.2) is 25.7 Å². The number of para-hydroxylation sites is 1. The summed E-state index contributed by atoms with van der Waals surface area (Å²) in [5.74, 6) is -0.215. The summed E-state index contributed by atoms with van der Waals surface area (Å²) >= 11 is 5.82. The van der Waals surface area contributed by atoms with Crippen LogP contribution in [0.5, 0.6) is 5.75 Å². The van der Waals surface area contributed by atoms with Gasteiger partial charge in [-0.1, -0.05) is 23.7 Å². The minimum Gasteiger partial charge on any atom is -0.449 e. The van der Waals surface area contributed by atoms with E-state index in [9.17, 15) is 9.59 Å². The van der Waals surface area contributed by atoms with Gasteiger partial charge in [-0.3, -0.25) is 4.90 Å². The Labute approximate surface area is 145 Å². The topological polar surface area (TPSA) is 55.8 Å². The van der Waals surface area contributed by atoms with Crippen LogP contribution < -0.4 is 9.64 Å². The van der Waals surface area contributed by atoms with Crippen LogP contribution in [0, 0.1) is 6.92 Å². The number of anilines is 1. The highest BCUT2D eigenvalue weighted by atomic mass is 35.5. The van der Waals surface area contributed by atoms with Crippen LogP contribution in [0.2, 0.25) is 5.02 Å². The molecule has 0 saturated carbocycles. The van der Waals surface area contributed by atoms with Gasteiger partial charge in [-0.15, -0.1) is 0 Å². The van der Waals surface area contributed by atoms with E-state index in [1.165, 1.54) is 4.90 Å². The summed E-state index contributed by atoms with van der Waals surface area (Å²) in [6, 6.07) is 11.7. The van der Waals surface area contributed by atoms with Crippen molar-refractivity contribution in [2.45, 2.75) is 13.8 Å². The number of halogens is 1. The minimum atomic E-state index is -0.528. The van der Waals surface area contributed by atoms with Crippen molar-refractivity contribution in [3.8, 4) is 5.75 Å². The lowest BCUT2D eigenvalue weighted by Crippen LogP contribution is -2.28. The molecular formula is C18H18ClNO4. The van der Waals surface area contributed by atoms with Crippen molar-refractivity contribution >= 4 is 29.4 Å². The van der Waals surface area contributed by atoms with Crippen molar-refractivity contribution in [1.29, 1.82) is 0 Å². The highest BCUT2D eigenvalue weighted by molar-refractivity contribution is 6.30. The molecule has 2 aromatic rings. The largest absolute Gasteiger partial charge is 0.449 e. The molecule has 0 spiro atoms. The zero-order valence-electron chi connectivity index (χ0n) is 13.7. The number of nitrogens with zero attached hydrogens (tertiary/aromatic N) is 1. The Morgan fingerprint density at radius 3 is 2.42 bits per heavy atom. The van der Waals surface area contributed by atoms with Crippen LogP contribution in [0.15, 0.2) is 42.5 Å². The molecule has 0 aliphatic carbocycles. The molecule has 2 aromatic carbocycles. The second-order valence-corrected chi connectivity index (χ2v) is 5.51. The molecule has 0 unspecified atom stereocenters. The van der Waals surface area contributed by atoms with Crippen molar-refractivity contribution < 1.29 is 19.1 Å². The van der Waals surface area contributed by atoms with E-state index in [0.29, 0.717) is 22.0 Å². The second-order valence-electron chi connectivity index (χ2n) is 5.08. The average molecular weight is 348 g/mol. The quantitative estimate of drug-likeness (QED) is 0.605. The third-order valence-corrected chi connectivity index (χ3v) is 3.62. The van der Waals surface area contributed by atoms with Gasteiger partial charge in [0, 0.05) is 12.1 Å². The van der Waals surface area contributed by atoms with Gasteiger partial charge >= 0.3 is 12.1 Å². The predicted molar refractivity (Wildman–Crippen MR) is 93.0 cm³/mol. The monoisotopic (exact) mass is 347 g/mol. The van der Waals surface area contributed by atoms with Crippen molar-refractivity contribution in [3.05, 3.63) is 58.6 Å². The Balaban J connectivity index is 2.31. The van der Waals surface area contributed by atoms with Gasteiger partial charge < -0.3 is 9.47 Å². The summed E-state index contributed by atoms with van der Waals surface area (Å²) in [5.41, 5.74) is 1.55. The fourth-order valence-corrected chi connectivity index (χ4v) is 2.22. The summed E-state index contributed by atoms with van der Waals surface area (Å²) < 4.78 is 10.5. The smallest absolute Gasteiger partial charge is 0.414 e. The van der Waals surface area contributed by atoms with Crippen molar-refractivity contribution in [1.82, 2.24) is 0 Å². The maximum absolute atomic E-state index is 12.3. The molecular weight excluding hydrogens is 330 g/mol. The number of amides is 1. The standard InChI is InChI=1S/C18H18ClNO4/c1-4-23-18(22)20(3)15-7-5-6-12(2)16(15)24-17(21)13-8-10-14(19)11-9-13/h5-11H,4H2,1-3H3. The van der Waals surface area contributed by atoms with Gasteiger partial charge in [0.2, 0.25) is 0 Å². The molecule has 1 amide bonds. The molecule has 24 heavy (non-hydrogen) atoms. The number of rotatable bonds is 4. The molecule has 0 bridgehead atoms. The first-order valence-corrected chi connectivity index (χ1v) is 7.79. The zero-order valence-corrected chi connectivity index (χ0v) is 14.5. The fraction of sp³-hybridized carbons (Fsp3) is 0.222. The number of hydrogen-bond acceptors (Lipinski definition) is 4. The maximum atomic E-state index is 12.3. The minimum absolute atomic E-state index is 0.259. The molecule has 0 heterocycles. The third-order valence-electron chi connectivity index (χ3n) is 3.37. The van der Waals surface area contributed by atoms with E-state index in [2.05, 4.69) is 0 Å². The Morgan fingerprint density at radius 1 is 1.12 bits per heavy atom. The van der Waals surface area contributed by atoms with E-state index >= 15 is 0 Å². The number of carbonyl (C=O) groups is 2. The van der Waals surface area contributed by atoms with Crippen LogP contribution in [0.1, 0.15) is 22.8 Å². The van der Waals surface area contributed by atoms with E-state index in [4.69, 9.17) is 21.1 Å². The van der Waals surface area contributed by atoms with Gasteiger partial charge in [-0.2, -0.15) is 0 Å². The van der Waals surface area contributed by atoms with E-state index in [0.717, 1.165) is 5.56 Å². The fourth-order valence-electron chi connectivity index (χ4n) is 2.09. The van der Waals surface area contributed by atoms with Crippen molar-refractivity contribution in [2.24, 2.45) is 0 Å². The van der Waals surface area contributed by atoms with Gasteiger partial charge in [0.25, 0.3) is 0 Å². The summed E-state index contributed by atoms with van der Waals surface area (Å²) in [6.07, 6.45) is -0.521. The zero-order chi connectivity index (χ0) is 17.7. The van der Waals surface area contributed by atoms with E-state index in [1.54, 1.807) is 63.4 Å². The lowest BCUT2D eigenvalue weighted by Gasteiger charge is -2.20. The summed E-state index contributed by atoms with van der Waals surface area (Å²) in [7, 11) is 1.56. The van der Waals surface area contributed by atoms with Crippen molar-refractivity contribution in [2.75, 3.05) is 18.6 Å². The van der Waals surface area contributed by atoms with Crippen LogP contribution in [0.3, 0.4) is 0 Å². The first kappa shape index (κ1) is 17.8. The summed E-state index contributed by atoms with van der Waals surface area (Å²) in [4.78, 5) is 25.6. The highest BCUT2D eigenvalue weighted by Gasteiger charge is 2.20. The first-order valence-electron chi connectivity index (χ1n) is 7.42. The Hall–Kier alpha value is -2.53. The number of hydrogen-bond donors (Lipinski definition) is 0. The molecule has 0 aromatic heterocycles. The predicted octanol–water partition coefficient (Wildman–Crippen LogP) is 4.46. The number of carbonyl (C=O) groups excluding carboxylic acids is 2. The highest BCUT2D eigenvalue weighted by Crippen LogP contribution is 2.32. The summed E-state index contributed by atoms with van der Waals surface area (Å²) in [5, 5.41) is 0.533. The second kappa shape index (κ2) is 7.84. The van der Waals surface area contributed by atoms with Crippen molar-refractivity contribution in [3.63, 3.8) is 0 Å². The molecule has 2 rings (SSSR count). The molecule has 6 heteroatoms. The average Bonchev–Trinajstić information content (AvgIpc) is 2.56. The normalized spacial score (nSPS) is 10.2. The van der Waals surface area contributed by atoms with Gasteiger partial charge in [0.05, 0.1) is 17.9 Å². The molecule has 0 atom stereocenters. The molecule has 0 N–H and O–H groups in total. The first-order chi connectivity index (χ1) is 11.4. The van der Waals surface area contributed by atoms with Crippen LogP contribution >= 0.6 is 11.6 Å². The number of esters is 1. The third kappa shape index (κ3) is 4.06.